The van der Waals surface area contributed by atoms with Crippen molar-refractivity contribution in [2.75, 3.05) is 31.6 Å². The first kappa shape index (κ1) is 15.3. The standard InChI is InChI=1S/C16H28N4/c1-13(2)18-11-15-10-17-7-6-16(15)20-9-5-8-19(4)12-14(20)3/h6-7,10,13-14,18H,5,8-9,11-12H2,1-4H3. The molecule has 2 heterocycles. The molecule has 20 heavy (non-hydrogen) atoms. The molecule has 1 saturated heterocycles. The summed E-state index contributed by atoms with van der Waals surface area (Å²) >= 11 is 0. The van der Waals surface area contributed by atoms with Gasteiger partial charge in [0.2, 0.25) is 0 Å². The Labute approximate surface area is 123 Å². The van der Waals surface area contributed by atoms with Crippen LogP contribution in [-0.4, -0.2) is 48.6 Å². The predicted molar refractivity (Wildman–Crippen MR) is 85.1 cm³/mol. The lowest BCUT2D eigenvalue weighted by molar-refractivity contribution is 0.337. The zero-order chi connectivity index (χ0) is 14.5. The molecule has 0 amide bonds. The molecule has 1 atom stereocenters. The zero-order valence-corrected chi connectivity index (χ0v) is 13.3. The smallest absolute Gasteiger partial charge is 0.0445 e. The Morgan fingerprint density at radius 2 is 2.20 bits per heavy atom. The van der Waals surface area contributed by atoms with Crippen molar-refractivity contribution in [1.82, 2.24) is 15.2 Å². The summed E-state index contributed by atoms with van der Waals surface area (Å²) in [6, 6.07) is 3.21. The van der Waals surface area contributed by atoms with Crippen LogP contribution in [0.1, 0.15) is 32.8 Å². The molecule has 0 radical (unpaired) electrons. The van der Waals surface area contributed by atoms with Crippen molar-refractivity contribution < 1.29 is 0 Å². The van der Waals surface area contributed by atoms with Gasteiger partial charge in [-0.1, -0.05) is 13.8 Å². The summed E-state index contributed by atoms with van der Waals surface area (Å²) in [6.07, 6.45) is 5.14. The fourth-order valence-electron chi connectivity index (χ4n) is 2.88. The minimum absolute atomic E-state index is 0.496. The van der Waals surface area contributed by atoms with Gasteiger partial charge in [-0.3, -0.25) is 4.98 Å². The van der Waals surface area contributed by atoms with Crippen molar-refractivity contribution in [1.29, 1.82) is 0 Å². The van der Waals surface area contributed by atoms with Gasteiger partial charge in [0.1, 0.15) is 0 Å². The van der Waals surface area contributed by atoms with Crippen molar-refractivity contribution in [3.05, 3.63) is 24.0 Å². The summed E-state index contributed by atoms with van der Waals surface area (Å²) in [4.78, 5) is 9.28. The number of rotatable bonds is 4. The highest BCUT2D eigenvalue weighted by Crippen LogP contribution is 2.24. The molecule has 2 rings (SSSR count). The molecule has 4 nitrogen and oxygen atoms in total. The van der Waals surface area contributed by atoms with Crippen molar-refractivity contribution >= 4 is 5.69 Å². The van der Waals surface area contributed by atoms with E-state index in [-0.39, 0.29) is 0 Å². The van der Waals surface area contributed by atoms with E-state index in [9.17, 15) is 0 Å². The van der Waals surface area contributed by atoms with Gasteiger partial charge in [-0.25, -0.2) is 0 Å². The van der Waals surface area contributed by atoms with Crippen molar-refractivity contribution in [3.63, 3.8) is 0 Å². The summed E-state index contributed by atoms with van der Waals surface area (Å²) in [7, 11) is 2.22. The van der Waals surface area contributed by atoms with E-state index in [1.807, 2.05) is 12.4 Å². The van der Waals surface area contributed by atoms with Crippen molar-refractivity contribution in [2.24, 2.45) is 0 Å². The minimum Gasteiger partial charge on any atom is -0.367 e. The third-order valence-electron chi connectivity index (χ3n) is 3.93. The maximum Gasteiger partial charge on any atom is 0.0445 e. The second kappa shape index (κ2) is 7.04. The van der Waals surface area contributed by atoms with Gasteiger partial charge in [0.25, 0.3) is 0 Å². The third-order valence-corrected chi connectivity index (χ3v) is 3.93. The Morgan fingerprint density at radius 3 is 2.95 bits per heavy atom. The van der Waals surface area contributed by atoms with Gasteiger partial charge in [-0.15, -0.1) is 0 Å². The Balaban J connectivity index is 2.17. The predicted octanol–water partition coefficient (Wildman–Crippen LogP) is 2.11. The summed E-state index contributed by atoms with van der Waals surface area (Å²) in [6.45, 7) is 11.0. The minimum atomic E-state index is 0.496. The number of anilines is 1. The van der Waals surface area contributed by atoms with Crippen LogP contribution in [0, 0.1) is 0 Å². The molecule has 0 spiro atoms. The van der Waals surface area contributed by atoms with Crippen LogP contribution >= 0.6 is 0 Å². The highest BCUT2D eigenvalue weighted by Gasteiger charge is 2.21. The summed E-state index contributed by atoms with van der Waals surface area (Å²) in [5.41, 5.74) is 2.65. The SMILES string of the molecule is CC(C)NCc1cnccc1N1CCCN(C)CC1C. The van der Waals surface area contributed by atoms with Crippen LogP contribution in [0.2, 0.25) is 0 Å². The Morgan fingerprint density at radius 1 is 1.40 bits per heavy atom. The first-order valence-corrected chi connectivity index (χ1v) is 7.69. The molecule has 1 aliphatic heterocycles. The first-order chi connectivity index (χ1) is 9.58. The maximum atomic E-state index is 4.30. The van der Waals surface area contributed by atoms with Gasteiger partial charge in [-0.05, 0) is 33.0 Å². The van der Waals surface area contributed by atoms with Gasteiger partial charge >= 0.3 is 0 Å². The summed E-state index contributed by atoms with van der Waals surface area (Å²) < 4.78 is 0. The molecule has 1 aliphatic rings. The molecule has 0 aromatic carbocycles. The molecule has 1 unspecified atom stereocenters. The number of likely N-dealkylation sites (N-methyl/N-ethyl adjacent to an activating group) is 1. The Hall–Kier alpha value is -1.13. The fraction of sp³-hybridized carbons (Fsp3) is 0.688. The number of nitrogens with one attached hydrogen (secondary N) is 1. The van der Waals surface area contributed by atoms with Gasteiger partial charge < -0.3 is 15.1 Å². The Kier molecular flexibility index (Phi) is 5.38. The van der Waals surface area contributed by atoms with E-state index in [1.54, 1.807) is 0 Å². The topological polar surface area (TPSA) is 31.4 Å². The first-order valence-electron chi connectivity index (χ1n) is 7.69. The lowest BCUT2D eigenvalue weighted by atomic mass is 10.1. The largest absolute Gasteiger partial charge is 0.367 e. The number of hydrogen-bond donors (Lipinski definition) is 1. The summed E-state index contributed by atoms with van der Waals surface area (Å²) in [5.74, 6) is 0. The average molecular weight is 276 g/mol. The van der Waals surface area contributed by atoms with Gasteiger partial charge in [0.05, 0.1) is 0 Å². The molecule has 1 aromatic rings. The molecule has 1 aromatic heterocycles. The third kappa shape index (κ3) is 3.93. The molecule has 0 bridgehead atoms. The number of aromatic nitrogens is 1. The van der Waals surface area contributed by atoms with Crippen LogP contribution in [0.5, 0.6) is 0 Å². The monoisotopic (exact) mass is 276 g/mol. The van der Waals surface area contributed by atoms with Crippen molar-refractivity contribution in [3.8, 4) is 0 Å². The van der Waals surface area contributed by atoms with Gasteiger partial charge in [0.15, 0.2) is 0 Å². The van der Waals surface area contributed by atoms with E-state index in [2.05, 4.69) is 54.0 Å². The molecular weight excluding hydrogens is 248 g/mol. The number of pyridine rings is 1. The van der Waals surface area contributed by atoms with Crippen LogP contribution in [0.4, 0.5) is 5.69 Å². The highest BCUT2D eigenvalue weighted by molar-refractivity contribution is 5.53. The van der Waals surface area contributed by atoms with Gasteiger partial charge in [-0.2, -0.15) is 0 Å². The zero-order valence-electron chi connectivity index (χ0n) is 13.3. The van der Waals surface area contributed by atoms with E-state index in [1.165, 1.54) is 24.2 Å². The summed E-state index contributed by atoms with van der Waals surface area (Å²) in [5, 5.41) is 3.50. The second-order valence-corrected chi connectivity index (χ2v) is 6.20. The molecule has 1 N–H and O–H groups in total. The number of nitrogens with zero attached hydrogens (tertiary/aromatic N) is 3. The normalized spacial score (nSPS) is 21.2. The van der Waals surface area contributed by atoms with Crippen LogP contribution in [-0.2, 0) is 6.54 Å². The van der Waals surface area contributed by atoms with E-state index in [0.717, 1.165) is 19.6 Å². The van der Waals surface area contributed by atoms with Crippen molar-refractivity contribution in [2.45, 2.75) is 45.8 Å². The lowest BCUT2D eigenvalue weighted by Gasteiger charge is -2.32. The van der Waals surface area contributed by atoms with E-state index < -0.39 is 0 Å². The van der Waals surface area contributed by atoms with Crippen LogP contribution in [0.25, 0.3) is 0 Å². The molecule has 4 heteroatoms. The quantitative estimate of drug-likeness (QED) is 0.912. The number of hydrogen-bond acceptors (Lipinski definition) is 4. The highest BCUT2D eigenvalue weighted by atomic mass is 15.2. The van der Waals surface area contributed by atoms with E-state index in [0.29, 0.717) is 12.1 Å². The maximum absolute atomic E-state index is 4.30. The van der Waals surface area contributed by atoms with Crippen LogP contribution < -0.4 is 10.2 Å². The molecular formula is C16H28N4. The molecule has 112 valence electrons. The van der Waals surface area contributed by atoms with Crippen LogP contribution in [0.3, 0.4) is 0 Å². The van der Waals surface area contributed by atoms with Gasteiger partial charge in [0, 0.05) is 55.4 Å². The molecule has 0 saturated carbocycles. The Bertz CT molecular complexity index is 419. The van der Waals surface area contributed by atoms with Crippen LogP contribution in [0.15, 0.2) is 18.5 Å². The lowest BCUT2D eigenvalue weighted by Crippen LogP contribution is -2.38. The second-order valence-electron chi connectivity index (χ2n) is 6.20. The average Bonchev–Trinajstić information content (AvgIpc) is 2.57. The fourth-order valence-corrected chi connectivity index (χ4v) is 2.88. The molecule has 1 fully saturated rings. The van der Waals surface area contributed by atoms with E-state index in [4.69, 9.17) is 0 Å². The van der Waals surface area contributed by atoms with E-state index >= 15 is 0 Å². The molecule has 0 aliphatic carbocycles.